The van der Waals surface area contributed by atoms with Gasteiger partial charge < -0.3 is 11.1 Å². The third-order valence-corrected chi connectivity index (χ3v) is 3.80. The summed E-state index contributed by atoms with van der Waals surface area (Å²) in [5.74, 6) is 0.878. The van der Waals surface area contributed by atoms with Crippen molar-refractivity contribution in [3.8, 4) is 12.3 Å². The molecule has 0 atom stereocenters. The van der Waals surface area contributed by atoms with E-state index in [0.29, 0.717) is 0 Å². The first-order valence-corrected chi connectivity index (χ1v) is 7.63. The average Bonchev–Trinajstić information content (AvgIpc) is 3.02. The van der Waals surface area contributed by atoms with E-state index in [1.165, 1.54) is 12.3 Å². The lowest BCUT2D eigenvalue weighted by Crippen LogP contribution is -2.27. The van der Waals surface area contributed by atoms with E-state index in [4.69, 9.17) is 12.2 Å². The van der Waals surface area contributed by atoms with Crippen LogP contribution in [0.15, 0.2) is 18.5 Å². The van der Waals surface area contributed by atoms with E-state index >= 15 is 0 Å². The number of pyridine rings is 1. The quantitative estimate of drug-likeness (QED) is 0.690. The van der Waals surface area contributed by atoms with E-state index in [1.54, 1.807) is 13.8 Å². The summed E-state index contributed by atoms with van der Waals surface area (Å²) in [4.78, 5) is 27.9. The van der Waals surface area contributed by atoms with Crippen LogP contribution >= 0.6 is 0 Å². The van der Waals surface area contributed by atoms with Gasteiger partial charge in [0, 0.05) is 23.0 Å². The summed E-state index contributed by atoms with van der Waals surface area (Å²) in [5.41, 5.74) is 3.10. The van der Waals surface area contributed by atoms with Gasteiger partial charge in [-0.25, -0.2) is 0 Å². The molecular formula is C17H16F3N5O2. The highest BCUT2D eigenvalue weighted by Crippen LogP contribution is 2.33. The molecule has 7 nitrogen and oxygen atoms in total. The van der Waals surface area contributed by atoms with Crippen LogP contribution in [0.5, 0.6) is 0 Å². The Balaban J connectivity index is 2.37. The number of carbonyl (C=O) groups is 2. The second kappa shape index (κ2) is 7.11. The van der Waals surface area contributed by atoms with Gasteiger partial charge >= 0.3 is 6.18 Å². The van der Waals surface area contributed by atoms with Crippen molar-refractivity contribution in [2.45, 2.75) is 31.9 Å². The van der Waals surface area contributed by atoms with Crippen LogP contribution in [0.3, 0.4) is 0 Å². The van der Waals surface area contributed by atoms with Crippen molar-refractivity contribution in [3.63, 3.8) is 0 Å². The molecule has 0 saturated heterocycles. The van der Waals surface area contributed by atoms with E-state index in [2.05, 4.69) is 21.3 Å². The van der Waals surface area contributed by atoms with Crippen molar-refractivity contribution in [1.29, 1.82) is 0 Å². The fourth-order valence-corrected chi connectivity index (χ4v) is 2.52. The lowest BCUT2D eigenvalue weighted by Gasteiger charge is -2.23. The standard InChI is InChI=1S/C17H16F3N5O2/c1-4-16(2,3)12-10(5-6-22-13(12)15(21)27)24-11(26)7-9-8-23-25-14(9)17(18,19)20/h1,5-6,8H,7H2,2-3H3,(H2,21,27)(H,23,25)(H,22,24,26). The number of rotatable bonds is 5. The number of nitrogens with one attached hydrogen (secondary N) is 2. The Hall–Kier alpha value is -3.35. The molecule has 2 amide bonds. The normalized spacial score (nSPS) is 11.7. The predicted molar refractivity (Wildman–Crippen MR) is 90.5 cm³/mol. The molecule has 0 bridgehead atoms. The van der Waals surface area contributed by atoms with Gasteiger partial charge in [-0.05, 0) is 19.9 Å². The minimum Gasteiger partial charge on any atom is -0.364 e. The van der Waals surface area contributed by atoms with Crippen molar-refractivity contribution in [2.75, 3.05) is 5.32 Å². The number of halogens is 3. The molecule has 0 fully saturated rings. The highest BCUT2D eigenvalue weighted by Gasteiger charge is 2.36. The first-order valence-electron chi connectivity index (χ1n) is 7.63. The summed E-state index contributed by atoms with van der Waals surface area (Å²) < 4.78 is 38.6. The van der Waals surface area contributed by atoms with E-state index in [9.17, 15) is 22.8 Å². The number of hydrogen-bond donors (Lipinski definition) is 3. The monoisotopic (exact) mass is 379 g/mol. The zero-order valence-electron chi connectivity index (χ0n) is 14.4. The molecule has 10 heteroatoms. The fraction of sp³-hybridized carbons (Fsp3) is 0.294. The summed E-state index contributed by atoms with van der Waals surface area (Å²) in [5, 5.41) is 7.64. The van der Waals surface area contributed by atoms with Crippen LogP contribution in [0, 0.1) is 12.3 Å². The van der Waals surface area contributed by atoms with Gasteiger partial charge in [0.1, 0.15) is 11.4 Å². The maximum atomic E-state index is 12.9. The number of alkyl halides is 3. The van der Waals surface area contributed by atoms with Crippen LogP contribution in [0.4, 0.5) is 18.9 Å². The highest BCUT2D eigenvalue weighted by molar-refractivity contribution is 5.98. The number of nitrogens with zero attached hydrogens (tertiary/aromatic N) is 2. The van der Waals surface area contributed by atoms with Crippen molar-refractivity contribution in [2.24, 2.45) is 5.73 Å². The van der Waals surface area contributed by atoms with Crippen LogP contribution in [-0.4, -0.2) is 27.0 Å². The zero-order valence-corrected chi connectivity index (χ0v) is 14.4. The number of nitrogens with two attached hydrogens (primary N) is 1. The molecule has 2 rings (SSSR count). The van der Waals surface area contributed by atoms with Crippen LogP contribution in [0.2, 0.25) is 0 Å². The van der Waals surface area contributed by atoms with Gasteiger partial charge in [0.05, 0.1) is 18.0 Å². The summed E-state index contributed by atoms with van der Waals surface area (Å²) in [6.45, 7) is 3.23. The Bertz CT molecular complexity index is 925. The first kappa shape index (κ1) is 20.0. The summed E-state index contributed by atoms with van der Waals surface area (Å²) in [7, 11) is 0. The second-order valence-electron chi connectivity index (χ2n) is 6.21. The van der Waals surface area contributed by atoms with Gasteiger partial charge in [-0.3, -0.25) is 19.7 Å². The van der Waals surface area contributed by atoms with Gasteiger partial charge in [0.25, 0.3) is 5.91 Å². The summed E-state index contributed by atoms with van der Waals surface area (Å²) in [6.07, 6.45) is 2.42. The third-order valence-electron chi connectivity index (χ3n) is 3.80. The maximum absolute atomic E-state index is 12.9. The van der Waals surface area contributed by atoms with Crippen LogP contribution in [0.1, 0.15) is 41.2 Å². The van der Waals surface area contributed by atoms with Gasteiger partial charge in [0.15, 0.2) is 0 Å². The molecular weight excluding hydrogens is 363 g/mol. The molecule has 0 spiro atoms. The number of primary amides is 1. The molecule has 4 N–H and O–H groups in total. The number of hydrogen-bond acceptors (Lipinski definition) is 4. The van der Waals surface area contributed by atoms with Gasteiger partial charge in [-0.15, -0.1) is 6.42 Å². The van der Waals surface area contributed by atoms with Crippen molar-refractivity contribution in [1.82, 2.24) is 15.2 Å². The zero-order chi connectivity index (χ0) is 20.4. The molecule has 0 saturated carbocycles. The number of aromatic amines is 1. The molecule has 142 valence electrons. The fourth-order valence-electron chi connectivity index (χ4n) is 2.52. The molecule has 2 aromatic heterocycles. The van der Waals surface area contributed by atoms with E-state index in [1.807, 2.05) is 5.10 Å². The Morgan fingerprint density at radius 1 is 1.37 bits per heavy atom. The van der Waals surface area contributed by atoms with Gasteiger partial charge in [-0.2, -0.15) is 18.3 Å². The number of terminal acetylenes is 1. The van der Waals surface area contributed by atoms with Crippen molar-refractivity contribution in [3.05, 3.63) is 41.0 Å². The Morgan fingerprint density at radius 2 is 2.04 bits per heavy atom. The molecule has 0 radical (unpaired) electrons. The molecule has 0 aromatic carbocycles. The van der Waals surface area contributed by atoms with Gasteiger partial charge in [0.2, 0.25) is 5.91 Å². The molecule has 0 aliphatic heterocycles. The Morgan fingerprint density at radius 3 is 2.59 bits per heavy atom. The lowest BCUT2D eigenvalue weighted by molar-refractivity contribution is -0.141. The minimum atomic E-state index is -4.67. The number of H-pyrrole nitrogens is 1. The number of amides is 2. The molecule has 2 heterocycles. The second-order valence-corrected chi connectivity index (χ2v) is 6.21. The lowest BCUT2D eigenvalue weighted by atomic mass is 9.83. The van der Waals surface area contributed by atoms with E-state index in [-0.39, 0.29) is 22.5 Å². The van der Waals surface area contributed by atoms with Crippen molar-refractivity contribution >= 4 is 17.5 Å². The SMILES string of the molecule is C#CC(C)(C)c1c(NC(=O)Cc2cn[nH]c2C(F)(F)F)ccnc1C(N)=O. The van der Waals surface area contributed by atoms with E-state index < -0.39 is 35.5 Å². The average molecular weight is 379 g/mol. The largest absolute Gasteiger partial charge is 0.433 e. The number of anilines is 1. The highest BCUT2D eigenvalue weighted by atomic mass is 19.4. The van der Waals surface area contributed by atoms with Crippen LogP contribution in [0.25, 0.3) is 0 Å². The molecule has 27 heavy (non-hydrogen) atoms. The van der Waals surface area contributed by atoms with Crippen LogP contribution < -0.4 is 11.1 Å². The molecule has 0 unspecified atom stereocenters. The topological polar surface area (TPSA) is 114 Å². The minimum absolute atomic E-state index is 0.130. The third kappa shape index (κ3) is 4.25. The van der Waals surface area contributed by atoms with Crippen molar-refractivity contribution < 1.29 is 22.8 Å². The first-order chi connectivity index (χ1) is 12.5. The van der Waals surface area contributed by atoms with Crippen LogP contribution in [-0.2, 0) is 22.8 Å². The smallest absolute Gasteiger partial charge is 0.364 e. The molecule has 2 aromatic rings. The summed E-state index contributed by atoms with van der Waals surface area (Å²) >= 11 is 0. The predicted octanol–water partition coefficient (Wildman–Crippen LogP) is 2.01. The Labute approximate surface area is 152 Å². The number of aromatic nitrogens is 3. The maximum Gasteiger partial charge on any atom is 0.433 e. The van der Waals surface area contributed by atoms with Gasteiger partial charge in [-0.1, -0.05) is 5.92 Å². The Kier molecular flexibility index (Phi) is 5.26. The molecule has 0 aliphatic rings. The summed E-state index contributed by atoms with van der Waals surface area (Å²) in [6, 6.07) is 1.39. The van der Waals surface area contributed by atoms with E-state index in [0.717, 1.165) is 6.20 Å². The molecule has 0 aliphatic carbocycles. The number of carbonyl (C=O) groups excluding carboxylic acids is 2.